The Bertz CT molecular complexity index is 795. The first kappa shape index (κ1) is 28.6. The molecule has 0 aromatic carbocycles. The Hall–Kier alpha value is -2.61. The zero-order chi connectivity index (χ0) is 26.2. The average Bonchev–Trinajstić information content (AvgIpc) is 3.48. The molecule has 0 amide bonds. The number of carboxylic acids is 2. The van der Waals surface area contributed by atoms with Gasteiger partial charge in [-0.05, 0) is 43.6 Å². The van der Waals surface area contributed by atoms with Gasteiger partial charge in [0.05, 0.1) is 19.3 Å². The van der Waals surface area contributed by atoms with Crippen molar-refractivity contribution in [2.24, 2.45) is 11.8 Å². The molecule has 1 saturated heterocycles. The van der Waals surface area contributed by atoms with Crippen LogP contribution in [0.25, 0.3) is 0 Å². The molecule has 8 nitrogen and oxygen atoms in total. The Kier molecular flexibility index (Phi) is 10.1. The van der Waals surface area contributed by atoms with Crippen molar-refractivity contribution >= 4 is 11.9 Å². The highest BCUT2D eigenvalue weighted by Gasteiger charge is 2.42. The number of carbonyl (C=O) groups is 2. The zero-order valence-electron chi connectivity index (χ0n) is 18.5. The predicted octanol–water partition coefficient (Wildman–Crippen LogP) is 3.62. The number of halogens is 6. The van der Waals surface area contributed by atoms with Crippen molar-refractivity contribution in [3.8, 4) is 5.88 Å². The fourth-order valence-corrected chi connectivity index (χ4v) is 3.76. The third-order valence-electron chi connectivity index (χ3n) is 5.53. The lowest BCUT2D eigenvalue weighted by molar-refractivity contribution is -0.193. The second-order valence-electron chi connectivity index (χ2n) is 8.34. The first-order valence-corrected chi connectivity index (χ1v) is 10.8. The van der Waals surface area contributed by atoms with E-state index in [1.807, 2.05) is 18.2 Å². The first-order valence-electron chi connectivity index (χ1n) is 10.8. The molecule has 198 valence electrons. The number of aliphatic carboxylic acids is 2. The fraction of sp³-hybridized carbons (Fsp3) is 0.667. The topological polar surface area (TPSA) is 109 Å². The minimum absolute atomic E-state index is 0.426. The molecule has 35 heavy (non-hydrogen) atoms. The molecule has 2 heterocycles. The molecule has 1 aromatic rings. The molecular weight excluding hydrogens is 490 g/mol. The highest BCUT2D eigenvalue weighted by Crippen LogP contribution is 2.37. The molecule has 0 spiro atoms. The number of aromatic nitrogens is 1. The Morgan fingerprint density at radius 3 is 2.11 bits per heavy atom. The quantitative estimate of drug-likeness (QED) is 0.572. The van der Waals surface area contributed by atoms with Crippen molar-refractivity contribution < 1.29 is 55.6 Å². The largest absolute Gasteiger partial charge is 0.490 e. The molecule has 4 rings (SSSR count). The number of pyridine rings is 1. The van der Waals surface area contributed by atoms with Crippen LogP contribution in [0.5, 0.6) is 5.88 Å². The molecule has 2 N–H and O–H groups in total. The second kappa shape index (κ2) is 12.4. The number of alkyl halides is 6. The van der Waals surface area contributed by atoms with Gasteiger partial charge in [-0.2, -0.15) is 26.3 Å². The molecule has 1 aromatic heterocycles. The standard InChI is InChI=1S/C17H24N2O2.2C2HF3O2/c1-2-6-18-17(3-1)21-12-14-9-15-16(10-14)20-8-7-19(15)11-13-4-5-13;2*3-2(4,5)1(6)7/h1-3,6,13-16H,4-5,7-12H2;2*(H,6,7). The number of carboxylic acid groups (broad SMARTS) is 2. The van der Waals surface area contributed by atoms with E-state index < -0.39 is 24.3 Å². The lowest BCUT2D eigenvalue weighted by atomic mass is 10.1. The van der Waals surface area contributed by atoms with E-state index in [2.05, 4.69) is 9.88 Å². The van der Waals surface area contributed by atoms with Gasteiger partial charge < -0.3 is 19.7 Å². The summed E-state index contributed by atoms with van der Waals surface area (Å²) in [5.41, 5.74) is 0. The summed E-state index contributed by atoms with van der Waals surface area (Å²) in [4.78, 5) is 24.7. The first-order chi connectivity index (χ1) is 16.3. The molecule has 2 saturated carbocycles. The van der Waals surface area contributed by atoms with Gasteiger partial charge in [-0.3, -0.25) is 4.90 Å². The van der Waals surface area contributed by atoms with Gasteiger partial charge in [-0.25, -0.2) is 14.6 Å². The summed E-state index contributed by atoms with van der Waals surface area (Å²) in [7, 11) is 0. The number of rotatable bonds is 5. The van der Waals surface area contributed by atoms with Crippen LogP contribution in [0.15, 0.2) is 24.4 Å². The molecule has 3 unspecified atom stereocenters. The number of morpholine rings is 1. The number of hydrogen-bond donors (Lipinski definition) is 2. The van der Waals surface area contributed by atoms with Crippen LogP contribution < -0.4 is 4.74 Å². The van der Waals surface area contributed by atoms with E-state index in [0.717, 1.165) is 38.0 Å². The van der Waals surface area contributed by atoms with Crippen molar-refractivity contribution in [2.45, 2.75) is 50.2 Å². The van der Waals surface area contributed by atoms with Crippen LogP contribution >= 0.6 is 0 Å². The molecular formula is C21H26F6N2O6. The maximum atomic E-state index is 10.6. The van der Waals surface area contributed by atoms with Crippen LogP contribution in [0.2, 0.25) is 0 Å². The van der Waals surface area contributed by atoms with Crippen molar-refractivity contribution in [1.29, 1.82) is 0 Å². The summed E-state index contributed by atoms with van der Waals surface area (Å²) in [6.07, 6.45) is -2.75. The van der Waals surface area contributed by atoms with E-state index >= 15 is 0 Å². The van der Waals surface area contributed by atoms with Gasteiger partial charge in [0.15, 0.2) is 0 Å². The summed E-state index contributed by atoms with van der Waals surface area (Å²) in [5, 5.41) is 14.2. The summed E-state index contributed by atoms with van der Waals surface area (Å²) < 4.78 is 75.3. The van der Waals surface area contributed by atoms with E-state index in [-0.39, 0.29) is 0 Å². The minimum atomic E-state index is -5.08. The van der Waals surface area contributed by atoms with Crippen LogP contribution in [-0.2, 0) is 14.3 Å². The SMILES string of the molecule is O=C(O)C(F)(F)F.O=C(O)C(F)(F)F.c1ccc(OCC2CC3OCCN(CC4CC4)C3C2)nc1. The van der Waals surface area contributed by atoms with Crippen LogP contribution in [0.3, 0.4) is 0 Å². The van der Waals surface area contributed by atoms with Gasteiger partial charge in [0.2, 0.25) is 5.88 Å². The predicted molar refractivity (Wildman–Crippen MR) is 108 cm³/mol. The average molecular weight is 516 g/mol. The molecule has 1 aliphatic heterocycles. The molecule has 3 aliphatic rings. The lowest BCUT2D eigenvalue weighted by Gasteiger charge is -2.37. The van der Waals surface area contributed by atoms with Gasteiger partial charge in [-0.1, -0.05) is 6.07 Å². The highest BCUT2D eigenvalue weighted by atomic mass is 19.4. The summed E-state index contributed by atoms with van der Waals surface area (Å²) in [5.74, 6) is -3.21. The van der Waals surface area contributed by atoms with E-state index in [1.54, 1.807) is 6.20 Å². The van der Waals surface area contributed by atoms with E-state index in [0.29, 0.717) is 18.1 Å². The van der Waals surface area contributed by atoms with Gasteiger partial charge in [0.1, 0.15) is 0 Å². The van der Waals surface area contributed by atoms with Crippen molar-refractivity contribution in [3.63, 3.8) is 0 Å². The number of hydrogen-bond acceptors (Lipinski definition) is 6. The highest BCUT2D eigenvalue weighted by molar-refractivity contribution is 5.73. The number of nitrogens with zero attached hydrogens (tertiary/aromatic N) is 2. The summed E-state index contributed by atoms with van der Waals surface area (Å²) >= 11 is 0. The van der Waals surface area contributed by atoms with E-state index in [9.17, 15) is 26.3 Å². The molecule has 0 bridgehead atoms. The van der Waals surface area contributed by atoms with Crippen LogP contribution in [0, 0.1) is 11.8 Å². The molecule has 3 fully saturated rings. The minimum Gasteiger partial charge on any atom is -0.477 e. The van der Waals surface area contributed by atoms with Crippen LogP contribution in [0.4, 0.5) is 26.3 Å². The molecule has 0 radical (unpaired) electrons. The normalized spacial score (nSPS) is 24.2. The van der Waals surface area contributed by atoms with Gasteiger partial charge in [0, 0.05) is 31.4 Å². The lowest BCUT2D eigenvalue weighted by Crippen LogP contribution is -2.49. The van der Waals surface area contributed by atoms with Gasteiger partial charge in [-0.15, -0.1) is 0 Å². The van der Waals surface area contributed by atoms with Crippen molar-refractivity contribution in [2.75, 3.05) is 26.3 Å². The fourth-order valence-electron chi connectivity index (χ4n) is 3.76. The van der Waals surface area contributed by atoms with Gasteiger partial charge >= 0.3 is 24.3 Å². The maximum absolute atomic E-state index is 10.6. The smallest absolute Gasteiger partial charge is 0.477 e. The summed E-state index contributed by atoms with van der Waals surface area (Å²) in [6.45, 7) is 4.08. The Morgan fingerprint density at radius 1 is 1.03 bits per heavy atom. The van der Waals surface area contributed by atoms with Crippen molar-refractivity contribution in [1.82, 2.24) is 9.88 Å². The number of ether oxygens (including phenoxy) is 2. The Labute approximate surface area is 196 Å². The van der Waals surface area contributed by atoms with Crippen LogP contribution in [-0.4, -0.2) is 82.8 Å². The zero-order valence-corrected chi connectivity index (χ0v) is 18.5. The molecule has 3 atom stereocenters. The Balaban J connectivity index is 0.000000257. The Morgan fingerprint density at radius 2 is 1.63 bits per heavy atom. The molecule has 2 aliphatic carbocycles. The summed E-state index contributed by atoms with van der Waals surface area (Å²) in [6, 6.07) is 6.44. The van der Waals surface area contributed by atoms with Crippen LogP contribution in [0.1, 0.15) is 25.7 Å². The monoisotopic (exact) mass is 516 g/mol. The number of fused-ring (bicyclic) bond motifs is 1. The van der Waals surface area contributed by atoms with E-state index in [1.165, 1.54) is 25.8 Å². The van der Waals surface area contributed by atoms with E-state index in [4.69, 9.17) is 29.3 Å². The molecule has 14 heteroatoms. The maximum Gasteiger partial charge on any atom is 0.490 e. The van der Waals surface area contributed by atoms with Gasteiger partial charge in [0.25, 0.3) is 0 Å². The third kappa shape index (κ3) is 10.3. The third-order valence-corrected chi connectivity index (χ3v) is 5.53. The second-order valence-corrected chi connectivity index (χ2v) is 8.34. The van der Waals surface area contributed by atoms with Crippen molar-refractivity contribution in [3.05, 3.63) is 24.4 Å².